The molecule has 0 saturated heterocycles. The van der Waals surface area contributed by atoms with Gasteiger partial charge in [-0.25, -0.2) is 4.57 Å². The molecule has 1 saturated carbocycles. The fourth-order valence-corrected chi connectivity index (χ4v) is 9.11. The van der Waals surface area contributed by atoms with Crippen molar-refractivity contribution >= 4 is 13.7 Å². The highest BCUT2D eigenvalue weighted by Crippen LogP contribution is 2.47. The molecule has 14 heteroatoms. The third-order valence-electron chi connectivity index (χ3n) is 12.3. The van der Waals surface area contributed by atoms with Crippen molar-refractivity contribution in [3.63, 3.8) is 0 Å². The molecule has 0 radical (unpaired) electrons. The number of carbonyl (C=O) groups is 1. The Hall–Kier alpha value is -1.22. The fourth-order valence-electron chi connectivity index (χ4n) is 8.14. The summed E-state index contributed by atoms with van der Waals surface area (Å²) in [5.41, 5.74) is 0. The Bertz CT molecular complexity index is 1180. The number of aliphatic hydroxyl groups excluding tert-OH is 7. The van der Waals surface area contributed by atoms with E-state index in [1.165, 1.54) is 147 Å². The smallest absolute Gasteiger partial charge is 0.393 e. The Balaban J connectivity index is 2.52. The second kappa shape index (κ2) is 38.8. The maximum absolute atomic E-state index is 13.0. The zero-order valence-corrected chi connectivity index (χ0v) is 40.4. The minimum atomic E-state index is -5.15. The topological polar surface area (TPSA) is 226 Å². The first-order chi connectivity index (χ1) is 30.3. The van der Waals surface area contributed by atoms with Gasteiger partial charge in [-0.1, -0.05) is 205 Å². The predicted octanol–water partition coefficient (Wildman–Crippen LogP) is 9.15. The highest BCUT2D eigenvalue weighted by Gasteiger charge is 2.51. The molecule has 63 heavy (non-hydrogen) atoms. The number of phosphoric ester groups is 1. The monoisotopic (exact) mass is 920 g/mol. The van der Waals surface area contributed by atoms with Crippen molar-refractivity contribution < 1.29 is 59.0 Å². The van der Waals surface area contributed by atoms with E-state index >= 15 is 0 Å². The molecule has 1 aliphatic rings. The van der Waals surface area contributed by atoms with Crippen molar-refractivity contribution in [3.8, 4) is 0 Å². The number of allylic oxidation sites excluding steroid dienone is 3. The Morgan fingerprint density at radius 2 is 0.937 bits per heavy atom. The molecule has 0 aromatic heterocycles. The number of unbranched alkanes of at least 4 members (excludes halogenated alkanes) is 27. The SMILES string of the molecule is CCCCCCCCCCCCC/C=C/CC/C=C/C(O)C(COP(=O)(O)OC1C(O)C(O)C(O)C(O)C1O)NC(=O)CC(O)CCCCCCCCCCCCCCCCCC. The zero-order chi connectivity index (χ0) is 46.6. The number of carbonyl (C=O) groups excluding carboxylic acids is 1. The molecule has 1 amide bonds. The van der Waals surface area contributed by atoms with Crippen molar-refractivity contribution in [2.24, 2.45) is 0 Å². The minimum Gasteiger partial charge on any atom is -0.393 e. The summed E-state index contributed by atoms with van der Waals surface area (Å²) in [6, 6.07) is -1.25. The van der Waals surface area contributed by atoms with Crippen LogP contribution in [0.5, 0.6) is 0 Å². The molecule has 0 bridgehead atoms. The van der Waals surface area contributed by atoms with Crippen LogP contribution in [0.1, 0.15) is 219 Å². The summed E-state index contributed by atoms with van der Waals surface area (Å²) in [4.78, 5) is 23.5. The molecule has 8 unspecified atom stereocenters. The third-order valence-corrected chi connectivity index (χ3v) is 13.3. The number of aliphatic hydroxyl groups is 7. The molecular weight excluding hydrogens is 826 g/mol. The Morgan fingerprint density at radius 3 is 1.40 bits per heavy atom. The second-order valence-corrected chi connectivity index (χ2v) is 19.6. The summed E-state index contributed by atoms with van der Waals surface area (Å²) in [6.07, 6.45) is 29.8. The fraction of sp³-hybridized carbons (Fsp3) is 0.898. The van der Waals surface area contributed by atoms with E-state index in [4.69, 9.17) is 9.05 Å². The van der Waals surface area contributed by atoms with E-state index in [1.54, 1.807) is 6.08 Å². The number of hydrogen-bond donors (Lipinski definition) is 9. The van der Waals surface area contributed by atoms with Gasteiger partial charge in [0.15, 0.2) is 0 Å². The summed E-state index contributed by atoms with van der Waals surface area (Å²) in [5.74, 6) is -0.600. The van der Waals surface area contributed by atoms with Crippen LogP contribution in [0.3, 0.4) is 0 Å². The first-order valence-corrected chi connectivity index (χ1v) is 26.9. The number of phosphoric acid groups is 1. The average molecular weight is 920 g/mol. The number of amides is 1. The molecule has 13 nitrogen and oxygen atoms in total. The molecule has 0 heterocycles. The van der Waals surface area contributed by atoms with E-state index < -0.39 is 75.2 Å². The molecule has 0 aliphatic heterocycles. The summed E-state index contributed by atoms with van der Waals surface area (Å²) >= 11 is 0. The van der Waals surface area contributed by atoms with Gasteiger partial charge < -0.3 is 46.0 Å². The normalized spacial score (nSPS) is 23.0. The van der Waals surface area contributed by atoms with Gasteiger partial charge >= 0.3 is 7.82 Å². The molecule has 0 aromatic carbocycles. The molecule has 0 aromatic rings. The van der Waals surface area contributed by atoms with Crippen LogP contribution in [-0.4, -0.2) is 108 Å². The molecule has 8 atom stereocenters. The molecule has 372 valence electrons. The lowest BCUT2D eigenvalue weighted by Gasteiger charge is -2.41. The number of nitrogens with one attached hydrogen (secondary N) is 1. The first-order valence-electron chi connectivity index (χ1n) is 25.4. The average Bonchev–Trinajstić information content (AvgIpc) is 3.26. The maximum atomic E-state index is 13.0. The molecule has 9 N–H and O–H groups in total. The van der Waals surface area contributed by atoms with Gasteiger partial charge in [0.1, 0.15) is 36.6 Å². The van der Waals surface area contributed by atoms with Gasteiger partial charge in [0, 0.05) is 0 Å². The largest absolute Gasteiger partial charge is 0.472 e. The van der Waals surface area contributed by atoms with Gasteiger partial charge in [0.05, 0.1) is 31.3 Å². The van der Waals surface area contributed by atoms with Gasteiger partial charge in [-0.05, 0) is 32.1 Å². The van der Waals surface area contributed by atoms with Crippen molar-refractivity contribution in [1.29, 1.82) is 0 Å². The van der Waals surface area contributed by atoms with Crippen LogP contribution in [0.2, 0.25) is 0 Å². The quantitative estimate of drug-likeness (QED) is 0.0159. The van der Waals surface area contributed by atoms with Gasteiger partial charge in [-0.3, -0.25) is 13.8 Å². The Morgan fingerprint density at radius 1 is 0.556 bits per heavy atom. The van der Waals surface area contributed by atoms with E-state index in [-0.39, 0.29) is 6.42 Å². The van der Waals surface area contributed by atoms with Crippen molar-refractivity contribution in [1.82, 2.24) is 5.32 Å². The molecular formula is C49H94NO12P. The summed E-state index contributed by atoms with van der Waals surface area (Å²) in [7, 11) is -5.15. The number of hydrogen-bond acceptors (Lipinski definition) is 11. The molecule has 1 aliphatic carbocycles. The van der Waals surface area contributed by atoms with Crippen LogP contribution in [0, 0.1) is 0 Å². The van der Waals surface area contributed by atoms with Gasteiger partial charge in [-0.15, -0.1) is 0 Å². The van der Waals surface area contributed by atoms with E-state index in [2.05, 4.69) is 31.3 Å². The predicted molar refractivity (Wildman–Crippen MR) is 252 cm³/mol. The summed E-state index contributed by atoms with van der Waals surface area (Å²) < 4.78 is 22.9. The van der Waals surface area contributed by atoms with Crippen LogP contribution >= 0.6 is 7.82 Å². The highest BCUT2D eigenvalue weighted by atomic mass is 31.2. The Kier molecular flexibility index (Phi) is 36.9. The van der Waals surface area contributed by atoms with E-state index in [1.807, 2.05) is 0 Å². The van der Waals surface area contributed by atoms with Crippen LogP contribution in [-0.2, 0) is 18.4 Å². The maximum Gasteiger partial charge on any atom is 0.472 e. The van der Waals surface area contributed by atoms with Crippen molar-refractivity contribution in [3.05, 3.63) is 24.3 Å². The first kappa shape index (κ1) is 59.8. The highest BCUT2D eigenvalue weighted by molar-refractivity contribution is 7.47. The van der Waals surface area contributed by atoms with Crippen LogP contribution in [0.4, 0.5) is 0 Å². The lowest BCUT2D eigenvalue weighted by Crippen LogP contribution is -2.64. The lowest BCUT2D eigenvalue weighted by atomic mass is 9.85. The van der Waals surface area contributed by atoms with Crippen LogP contribution in [0.15, 0.2) is 24.3 Å². The molecule has 1 rings (SSSR count). The lowest BCUT2D eigenvalue weighted by molar-refractivity contribution is -0.220. The zero-order valence-electron chi connectivity index (χ0n) is 39.5. The Labute approximate surface area is 382 Å². The van der Waals surface area contributed by atoms with Gasteiger partial charge in [0.2, 0.25) is 5.91 Å². The van der Waals surface area contributed by atoms with Crippen molar-refractivity contribution in [2.45, 2.75) is 274 Å². The second-order valence-electron chi connectivity index (χ2n) is 18.2. The summed E-state index contributed by atoms with van der Waals surface area (Å²) in [5, 5.41) is 74.6. The molecule has 0 spiro atoms. The van der Waals surface area contributed by atoms with Gasteiger partial charge in [0.25, 0.3) is 0 Å². The summed E-state index contributed by atoms with van der Waals surface area (Å²) in [6.45, 7) is 3.75. The molecule has 1 fully saturated rings. The van der Waals surface area contributed by atoms with Crippen LogP contribution in [0.25, 0.3) is 0 Å². The third kappa shape index (κ3) is 30.6. The standard InChI is InChI=1S/C49H94NO12P/c1-3-5-7-9-11-13-15-17-19-21-23-25-27-29-31-33-35-37-42(52)41(39-61-63(59,60)62-49-47(57)45(55)44(54)46(56)48(49)58)50-43(53)38-40(51)36-34-32-30-28-26-24-22-20-18-16-14-12-10-8-6-4-2/h27,29,35,37,40-42,44-49,51-52,54-58H,3-26,28,30-34,36,38-39H2,1-2H3,(H,50,53)(H,59,60)/b29-27+,37-35+. The van der Waals surface area contributed by atoms with E-state index in [0.717, 1.165) is 44.9 Å². The van der Waals surface area contributed by atoms with Crippen molar-refractivity contribution in [2.75, 3.05) is 6.61 Å². The van der Waals surface area contributed by atoms with Gasteiger partial charge in [-0.2, -0.15) is 0 Å². The minimum absolute atomic E-state index is 0.249. The number of rotatable bonds is 42. The van der Waals surface area contributed by atoms with E-state index in [0.29, 0.717) is 12.8 Å². The van der Waals surface area contributed by atoms with E-state index in [9.17, 15) is 50.0 Å². The van der Waals surface area contributed by atoms with Crippen LogP contribution < -0.4 is 5.32 Å².